The molecule has 0 radical (unpaired) electrons. The van der Waals surface area contributed by atoms with Gasteiger partial charge in [0.1, 0.15) is 10.8 Å². The van der Waals surface area contributed by atoms with Crippen molar-refractivity contribution < 1.29 is 23.9 Å². The molecule has 112 valence electrons. The molecule has 0 aliphatic rings. The van der Waals surface area contributed by atoms with E-state index in [4.69, 9.17) is 10.00 Å². The summed E-state index contributed by atoms with van der Waals surface area (Å²) in [5, 5.41) is 12.2. The lowest BCUT2D eigenvalue weighted by atomic mass is 10.4. The number of anilines is 1. The SMILES string of the molecule is O=C(O)CCSSc1cccc(NCCO[PH](=O)O)n1. The largest absolute Gasteiger partial charge is 0.481 e. The molecule has 1 aromatic rings. The Morgan fingerprint density at radius 2 is 2.30 bits per heavy atom. The van der Waals surface area contributed by atoms with Crippen molar-refractivity contribution in [3.05, 3.63) is 18.2 Å². The molecule has 0 bridgehead atoms. The second kappa shape index (κ2) is 10.1. The number of carboxylic acids is 1. The summed E-state index contributed by atoms with van der Waals surface area (Å²) >= 11 is 0. The van der Waals surface area contributed by atoms with E-state index in [0.717, 1.165) is 5.03 Å². The number of carboxylic acid groups (broad SMARTS) is 1. The van der Waals surface area contributed by atoms with E-state index >= 15 is 0 Å². The predicted molar refractivity (Wildman–Crippen MR) is 80.5 cm³/mol. The first-order valence-electron chi connectivity index (χ1n) is 5.66. The summed E-state index contributed by atoms with van der Waals surface area (Å²) in [6.45, 7) is 0.505. The third-order valence-electron chi connectivity index (χ3n) is 1.90. The first-order valence-corrected chi connectivity index (χ1v) is 9.24. The van der Waals surface area contributed by atoms with Gasteiger partial charge in [-0.25, -0.2) is 4.98 Å². The summed E-state index contributed by atoms with van der Waals surface area (Å²) in [5.41, 5.74) is 0. The van der Waals surface area contributed by atoms with E-state index in [1.807, 2.05) is 12.1 Å². The van der Waals surface area contributed by atoms with E-state index in [0.29, 0.717) is 18.1 Å². The average molecular weight is 338 g/mol. The Hall–Kier alpha value is -0.730. The van der Waals surface area contributed by atoms with Gasteiger partial charge >= 0.3 is 14.2 Å². The van der Waals surface area contributed by atoms with Crippen LogP contribution in [0.3, 0.4) is 0 Å². The third-order valence-corrected chi connectivity index (χ3v) is 4.60. The zero-order chi connectivity index (χ0) is 14.8. The topological polar surface area (TPSA) is 109 Å². The van der Waals surface area contributed by atoms with E-state index in [1.54, 1.807) is 6.07 Å². The van der Waals surface area contributed by atoms with Crippen LogP contribution in [0.5, 0.6) is 0 Å². The molecule has 0 saturated heterocycles. The maximum Gasteiger partial charge on any atom is 0.316 e. The maximum absolute atomic E-state index is 10.4. The maximum atomic E-state index is 10.4. The zero-order valence-corrected chi connectivity index (χ0v) is 13.1. The molecule has 20 heavy (non-hydrogen) atoms. The number of aromatic nitrogens is 1. The van der Waals surface area contributed by atoms with Gasteiger partial charge in [0.2, 0.25) is 0 Å². The van der Waals surface area contributed by atoms with Crippen LogP contribution >= 0.6 is 29.8 Å². The van der Waals surface area contributed by atoms with Crippen LogP contribution < -0.4 is 5.32 Å². The van der Waals surface area contributed by atoms with Crippen molar-refractivity contribution in [2.75, 3.05) is 24.2 Å². The van der Waals surface area contributed by atoms with E-state index < -0.39 is 14.2 Å². The fourth-order valence-corrected chi connectivity index (χ4v) is 3.26. The fourth-order valence-electron chi connectivity index (χ4n) is 1.11. The molecule has 3 N–H and O–H groups in total. The number of carbonyl (C=O) groups is 1. The highest BCUT2D eigenvalue weighted by Crippen LogP contribution is 2.30. The Balaban J connectivity index is 2.29. The molecule has 0 fully saturated rings. The Morgan fingerprint density at radius 3 is 3.00 bits per heavy atom. The zero-order valence-electron chi connectivity index (χ0n) is 10.4. The number of nitrogens with zero attached hydrogens (tertiary/aromatic N) is 1. The van der Waals surface area contributed by atoms with Crippen molar-refractivity contribution in [3.8, 4) is 0 Å². The van der Waals surface area contributed by atoms with Crippen LogP contribution in [0.15, 0.2) is 23.2 Å². The summed E-state index contributed by atoms with van der Waals surface area (Å²) in [7, 11) is -0.0511. The van der Waals surface area contributed by atoms with Gasteiger partial charge in [0.15, 0.2) is 0 Å². The number of rotatable bonds is 10. The van der Waals surface area contributed by atoms with Crippen molar-refractivity contribution in [2.24, 2.45) is 0 Å². The molecule has 1 unspecified atom stereocenters. The van der Waals surface area contributed by atoms with Crippen molar-refractivity contribution >= 4 is 41.6 Å². The van der Waals surface area contributed by atoms with Crippen LogP contribution in [-0.2, 0) is 13.9 Å². The first-order chi connectivity index (χ1) is 9.58. The molecule has 0 amide bonds. The highest BCUT2D eigenvalue weighted by molar-refractivity contribution is 8.76. The van der Waals surface area contributed by atoms with Gasteiger partial charge < -0.3 is 19.8 Å². The number of pyridine rings is 1. The monoisotopic (exact) mass is 338 g/mol. The second-order valence-electron chi connectivity index (χ2n) is 3.45. The number of nitrogens with one attached hydrogen (secondary N) is 1. The van der Waals surface area contributed by atoms with Gasteiger partial charge in [-0.05, 0) is 22.9 Å². The standard InChI is InChI=1S/C10H15N2O5PS2/c13-10(14)4-7-19-20-9-3-1-2-8(12-9)11-5-6-17-18(15)16/h1-3,18H,4-7H2,(H,11,12)(H,13,14)(H,15,16). The molecular formula is C10H15N2O5PS2. The van der Waals surface area contributed by atoms with Crippen LogP contribution in [-0.4, -0.2) is 39.9 Å². The van der Waals surface area contributed by atoms with Crippen molar-refractivity contribution in [1.29, 1.82) is 0 Å². The van der Waals surface area contributed by atoms with Gasteiger partial charge in [-0.15, -0.1) is 0 Å². The fraction of sp³-hybridized carbons (Fsp3) is 0.400. The molecule has 1 heterocycles. The molecule has 0 aromatic carbocycles. The quantitative estimate of drug-likeness (QED) is 0.336. The lowest BCUT2D eigenvalue weighted by Gasteiger charge is -2.06. The molecule has 1 rings (SSSR count). The molecule has 0 spiro atoms. The Morgan fingerprint density at radius 1 is 1.50 bits per heavy atom. The van der Waals surface area contributed by atoms with Crippen molar-refractivity contribution in [1.82, 2.24) is 4.98 Å². The summed E-state index contributed by atoms with van der Waals surface area (Å²) in [6.07, 6.45) is 0.118. The first kappa shape index (κ1) is 17.3. The summed E-state index contributed by atoms with van der Waals surface area (Å²) < 4.78 is 14.9. The molecular weight excluding hydrogens is 323 g/mol. The molecule has 0 aliphatic heterocycles. The van der Waals surface area contributed by atoms with Crippen molar-refractivity contribution in [3.63, 3.8) is 0 Å². The summed E-state index contributed by atoms with van der Waals surface area (Å²) in [5.74, 6) is 0.331. The average Bonchev–Trinajstić information content (AvgIpc) is 2.40. The molecule has 0 saturated carbocycles. The Labute approximate surface area is 124 Å². The molecule has 1 aromatic heterocycles. The smallest absolute Gasteiger partial charge is 0.316 e. The van der Waals surface area contributed by atoms with E-state index in [9.17, 15) is 9.36 Å². The van der Waals surface area contributed by atoms with Gasteiger partial charge in [-0.1, -0.05) is 16.9 Å². The van der Waals surface area contributed by atoms with Gasteiger partial charge in [0.05, 0.1) is 13.0 Å². The van der Waals surface area contributed by atoms with Gasteiger partial charge in [-0.2, -0.15) is 0 Å². The van der Waals surface area contributed by atoms with E-state index in [-0.39, 0.29) is 13.0 Å². The highest BCUT2D eigenvalue weighted by atomic mass is 33.1. The third kappa shape index (κ3) is 8.44. The Bertz CT molecular complexity index is 426. The van der Waals surface area contributed by atoms with E-state index in [1.165, 1.54) is 21.6 Å². The van der Waals surface area contributed by atoms with Gasteiger partial charge in [0, 0.05) is 12.3 Å². The lowest BCUT2D eigenvalue weighted by Crippen LogP contribution is -2.08. The highest BCUT2D eigenvalue weighted by Gasteiger charge is 2.01. The van der Waals surface area contributed by atoms with Crippen LogP contribution in [0.1, 0.15) is 6.42 Å². The van der Waals surface area contributed by atoms with Gasteiger partial charge in [-0.3, -0.25) is 9.36 Å². The predicted octanol–water partition coefficient (Wildman–Crippen LogP) is 2.11. The molecule has 1 atom stereocenters. The normalized spacial score (nSPS) is 12.1. The minimum Gasteiger partial charge on any atom is -0.481 e. The minimum atomic E-state index is -2.88. The number of aliphatic carboxylic acids is 1. The lowest BCUT2D eigenvalue weighted by molar-refractivity contribution is -0.136. The Kier molecular flexibility index (Phi) is 8.72. The van der Waals surface area contributed by atoms with Crippen molar-refractivity contribution in [2.45, 2.75) is 11.4 Å². The van der Waals surface area contributed by atoms with Crippen LogP contribution in [0.4, 0.5) is 5.82 Å². The molecule has 0 aliphatic carbocycles. The molecule has 7 nitrogen and oxygen atoms in total. The minimum absolute atomic E-state index is 0.118. The second-order valence-corrected chi connectivity index (χ2v) is 6.71. The van der Waals surface area contributed by atoms with Crippen LogP contribution in [0, 0.1) is 0 Å². The van der Waals surface area contributed by atoms with Crippen LogP contribution in [0.25, 0.3) is 0 Å². The number of hydrogen-bond acceptors (Lipinski definition) is 7. The molecule has 10 heteroatoms. The summed E-state index contributed by atoms with van der Waals surface area (Å²) in [4.78, 5) is 23.1. The van der Waals surface area contributed by atoms with E-state index in [2.05, 4.69) is 14.8 Å². The van der Waals surface area contributed by atoms with Gasteiger partial charge in [0.25, 0.3) is 0 Å². The summed E-state index contributed by atoms with van der Waals surface area (Å²) in [6, 6.07) is 5.42. The number of hydrogen-bond donors (Lipinski definition) is 3. The van der Waals surface area contributed by atoms with Crippen LogP contribution in [0.2, 0.25) is 0 Å².